The van der Waals surface area contributed by atoms with Crippen LogP contribution >= 0.6 is 23.3 Å². The fourth-order valence-electron chi connectivity index (χ4n) is 1.72. The average Bonchev–Trinajstić information content (AvgIpc) is 3.04. The Hall–Kier alpha value is -2.11. The molecule has 0 aromatic carbocycles. The van der Waals surface area contributed by atoms with Gasteiger partial charge in [-0.3, -0.25) is 19.7 Å². The standard InChI is InChI=1S/C14H18N6O2S2/c15-10(8-20(16)9-13(21)19-22)7-18-24-14-5-4-12(23-14)11-3-1-2-6-17-11/h1-6,8,18,22H,7,9,15-16H2,(H,19,21)/b10-8-. The van der Waals surface area contributed by atoms with Gasteiger partial charge in [0, 0.05) is 24.6 Å². The Kier molecular flexibility index (Phi) is 7.03. The number of amides is 1. The molecule has 0 radical (unpaired) electrons. The number of hydrogen-bond acceptors (Lipinski definition) is 9. The zero-order chi connectivity index (χ0) is 17.4. The molecule has 1 amide bonds. The minimum absolute atomic E-state index is 0.192. The summed E-state index contributed by atoms with van der Waals surface area (Å²) in [5, 5.41) is 9.51. The number of thiophene rings is 1. The van der Waals surface area contributed by atoms with E-state index >= 15 is 0 Å². The second-order valence-electron chi connectivity index (χ2n) is 4.67. The van der Waals surface area contributed by atoms with Crippen molar-refractivity contribution in [2.45, 2.75) is 4.21 Å². The van der Waals surface area contributed by atoms with E-state index in [0.717, 1.165) is 19.8 Å². The van der Waals surface area contributed by atoms with Gasteiger partial charge in [-0.2, -0.15) is 0 Å². The number of rotatable bonds is 8. The third-order valence-corrected chi connectivity index (χ3v) is 4.76. The van der Waals surface area contributed by atoms with E-state index in [1.807, 2.05) is 30.3 Å². The summed E-state index contributed by atoms with van der Waals surface area (Å²) in [4.78, 5) is 16.4. The first-order chi connectivity index (χ1) is 11.6. The van der Waals surface area contributed by atoms with Crippen LogP contribution in [-0.2, 0) is 4.79 Å². The molecule has 0 aliphatic rings. The topological polar surface area (TPSA) is 130 Å². The van der Waals surface area contributed by atoms with Crippen LogP contribution in [0.3, 0.4) is 0 Å². The van der Waals surface area contributed by atoms with E-state index in [1.54, 1.807) is 17.5 Å². The molecule has 0 aliphatic carbocycles. The molecule has 2 aromatic heterocycles. The fraction of sp³-hybridized carbons (Fsp3) is 0.143. The van der Waals surface area contributed by atoms with Crippen LogP contribution < -0.4 is 21.8 Å². The van der Waals surface area contributed by atoms with Crippen molar-refractivity contribution >= 4 is 29.2 Å². The number of hydroxylamine groups is 1. The predicted octanol–water partition coefficient (Wildman–Crippen LogP) is 0.888. The highest BCUT2D eigenvalue weighted by atomic mass is 32.2. The van der Waals surface area contributed by atoms with Gasteiger partial charge in [-0.05, 0) is 36.2 Å². The van der Waals surface area contributed by atoms with Crippen LogP contribution in [0.5, 0.6) is 0 Å². The maximum Gasteiger partial charge on any atom is 0.264 e. The van der Waals surface area contributed by atoms with E-state index in [1.165, 1.54) is 23.6 Å². The van der Waals surface area contributed by atoms with Gasteiger partial charge in [0.1, 0.15) is 6.54 Å². The van der Waals surface area contributed by atoms with Crippen molar-refractivity contribution in [3.63, 3.8) is 0 Å². The highest BCUT2D eigenvalue weighted by molar-refractivity contribution is 7.99. The summed E-state index contributed by atoms with van der Waals surface area (Å²) in [7, 11) is 0. The Morgan fingerprint density at radius 3 is 2.96 bits per heavy atom. The van der Waals surface area contributed by atoms with E-state index in [4.69, 9.17) is 16.8 Å². The Morgan fingerprint density at radius 2 is 2.25 bits per heavy atom. The van der Waals surface area contributed by atoms with Gasteiger partial charge in [0.05, 0.1) is 14.8 Å². The molecule has 0 bridgehead atoms. The fourth-order valence-corrected chi connectivity index (χ4v) is 3.56. The first-order valence-electron chi connectivity index (χ1n) is 6.90. The van der Waals surface area contributed by atoms with Crippen LogP contribution in [0.25, 0.3) is 10.6 Å². The van der Waals surface area contributed by atoms with E-state index in [2.05, 4.69) is 9.71 Å². The highest BCUT2D eigenvalue weighted by Crippen LogP contribution is 2.31. The van der Waals surface area contributed by atoms with Crippen LogP contribution in [0.2, 0.25) is 0 Å². The molecule has 0 fully saturated rings. The molecule has 24 heavy (non-hydrogen) atoms. The monoisotopic (exact) mass is 366 g/mol. The quantitative estimate of drug-likeness (QED) is 0.202. The van der Waals surface area contributed by atoms with Gasteiger partial charge in [-0.15, -0.1) is 11.3 Å². The van der Waals surface area contributed by atoms with E-state index in [9.17, 15) is 4.79 Å². The Labute approximate surface area is 147 Å². The molecule has 2 heterocycles. The summed E-state index contributed by atoms with van der Waals surface area (Å²) in [6.07, 6.45) is 3.19. The van der Waals surface area contributed by atoms with Gasteiger partial charge < -0.3 is 10.7 Å². The largest absolute Gasteiger partial charge is 0.400 e. The summed E-state index contributed by atoms with van der Waals surface area (Å²) >= 11 is 3.08. The molecule has 0 spiro atoms. The van der Waals surface area contributed by atoms with Crippen molar-refractivity contribution in [2.75, 3.05) is 13.1 Å². The number of hydrogen-bond donors (Lipinski definition) is 5. The van der Waals surface area contributed by atoms with Crippen LogP contribution in [0, 0.1) is 0 Å². The second kappa shape index (κ2) is 9.25. The second-order valence-corrected chi connectivity index (χ2v) is 6.94. The van der Waals surface area contributed by atoms with Gasteiger partial charge in [0.25, 0.3) is 5.91 Å². The predicted molar refractivity (Wildman–Crippen MR) is 94.5 cm³/mol. The number of aromatic nitrogens is 1. The minimum Gasteiger partial charge on any atom is -0.400 e. The third-order valence-electron chi connectivity index (χ3n) is 2.73. The number of hydrazine groups is 1. The average molecular weight is 366 g/mol. The van der Waals surface area contributed by atoms with Gasteiger partial charge in [-0.25, -0.2) is 11.3 Å². The molecular weight excluding hydrogens is 348 g/mol. The van der Waals surface area contributed by atoms with Crippen molar-refractivity contribution < 1.29 is 10.0 Å². The number of nitrogens with one attached hydrogen (secondary N) is 2. The summed E-state index contributed by atoms with van der Waals surface area (Å²) in [5.41, 5.74) is 8.71. The van der Waals surface area contributed by atoms with Crippen LogP contribution in [0.4, 0.5) is 0 Å². The summed E-state index contributed by atoms with van der Waals surface area (Å²) in [6, 6.07) is 9.83. The van der Waals surface area contributed by atoms with Crippen LogP contribution in [0.1, 0.15) is 0 Å². The SMILES string of the molecule is N/C(=C\N(N)CC(=O)NO)CNSc1ccc(-c2ccccn2)s1. The molecule has 128 valence electrons. The molecule has 0 unspecified atom stereocenters. The number of carbonyl (C=O) groups is 1. The summed E-state index contributed by atoms with van der Waals surface area (Å²) < 4.78 is 4.20. The smallest absolute Gasteiger partial charge is 0.264 e. The molecule has 8 nitrogen and oxygen atoms in total. The molecule has 0 saturated heterocycles. The lowest BCUT2D eigenvalue weighted by Gasteiger charge is -2.13. The van der Waals surface area contributed by atoms with Crippen molar-refractivity contribution in [3.05, 3.63) is 48.4 Å². The van der Waals surface area contributed by atoms with Crippen molar-refractivity contribution in [1.82, 2.24) is 20.2 Å². The van der Waals surface area contributed by atoms with Crippen molar-refractivity contribution in [1.29, 1.82) is 0 Å². The summed E-state index contributed by atoms with van der Waals surface area (Å²) in [6.45, 7) is 0.193. The zero-order valence-corrected chi connectivity index (χ0v) is 14.3. The first kappa shape index (κ1) is 18.2. The van der Waals surface area contributed by atoms with Crippen molar-refractivity contribution in [2.24, 2.45) is 11.6 Å². The molecule has 10 heteroatoms. The van der Waals surface area contributed by atoms with Gasteiger partial charge >= 0.3 is 0 Å². The lowest BCUT2D eigenvalue weighted by atomic mass is 10.3. The molecule has 2 aromatic rings. The molecular formula is C14H18N6O2S2. The Balaban J connectivity index is 1.80. The highest BCUT2D eigenvalue weighted by Gasteiger charge is 2.05. The maximum atomic E-state index is 10.9. The summed E-state index contributed by atoms with van der Waals surface area (Å²) in [5.74, 6) is 4.95. The zero-order valence-electron chi connectivity index (χ0n) is 12.7. The molecule has 0 atom stereocenters. The Morgan fingerprint density at radius 1 is 1.42 bits per heavy atom. The number of carbonyl (C=O) groups excluding carboxylic acids is 1. The van der Waals surface area contributed by atoms with Crippen LogP contribution in [-0.4, -0.2) is 34.2 Å². The number of nitrogens with two attached hydrogens (primary N) is 2. The van der Waals surface area contributed by atoms with Gasteiger partial charge in [0.2, 0.25) is 0 Å². The van der Waals surface area contributed by atoms with Crippen molar-refractivity contribution in [3.8, 4) is 10.6 Å². The van der Waals surface area contributed by atoms with E-state index < -0.39 is 5.91 Å². The maximum absolute atomic E-state index is 10.9. The molecule has 2 rings (SSSR count). The van der Waals surface area contributed by atoms with E-state index in [0.29, 0.717) is 12.2 Å². The lowest BCUT2D eigenvalue weighted by molar-refractivity contribution is -0.129. The molecule has 0 saturated carbocycles. The molecule has 7 N–H and O–H groups in total. The van der Waals surface area contributed by atoms with E-state index in [-0.39, 0.29) is 6.54 Å². The number of nitrogens with zero attached hydrogens (tertiary/aromatic N) is 2. The third kappa shape index (κ3) is 5.83. The molecule has 0 aliphatic heterocycles. The normalized spacial score (nSPS) is 11.3. The Bertz CT molecular complexity index is 692. The lowest BCUT2D eigenvalue weighted by Crippen LogP contribution is -2.37. The number of pyridine rings is 1. The minimum atomic E-state index is -0.621. The van der Waals surface area contributed by atoms with Gasteiger partial charge in [0.15, 0.2) is 0 Å². The van der Waals surface area contributed by atoms with Crippen LogP contribution in [0.15, 0.2) is 52.6 Å². The van der Waals surface area contributed by atoms with Gasteiger partial charge in [-0.1, -0.05) is 6.07 Å². The first-order valence-corrected chi connectivity index (χ1v) is 8.53.